The van der Waals surface area contributed by atoms with Crippen LogP contribution < -0.4 is 5.32 Å². The van der Waals surface area contributed by atoms with Crippen molar-refractivity contribution >= 4 is 0 Å². The highest BCUT2D eigenvalue weighted by Crippen LogP contribution is 2.22. The van der Waals surface area contributed by atoms with E-state index in [1.165, 1.54) is 18.5 Å². The number of nitrogens with zero attached hydrogens (tertiary/aromatic N) is 1. The maximum absolute atomic E-state index is 8.99. The minimum absolute atomic E-state index is 0.335. The summed E-state index contributed by atoms with van der Waals surface area (Å²) < 4.78 is 0. The Morgan fingerprint density at radius 2 is 2.16 bits per heavy atom. The molecule has 2 unspecified atom stereocenters. The molecule has 1 fully saturated rings. The van der Waals surface area contributed by atoms with Crippen LogP contribution in [-0.4, -0.2) is 43.3 Å². The number of hydrogen-bond donors (Lipinski definition) is 2. The highest BCUT2D eigenvalue weighted by Gasteiger charge is 2.22. The zero-order valence-corrected chi connectivity index (χ0v) is 11.9. The Morgan fingerprint density at radius 1 is 1.37 bits per heavy atom. The van der Waals surface area contributed by atoms with E-state index in [2.05, 4.69) is 40.5 Å². The first-order chi connectivity index (χ1) is 9.33. The van der Waals surface area contributed by atoms with Gasteiger partial charge in [-0.15, -0.1) is 0 Å². The highest BCUT2D eigenvalue weighted by atomic mass is 16.3. The summed E-state index contributed by atoms with van der Waals surface area (Å²) in [6, 6.07) is 11.1. The molecule has 0 bridgehead atoms. The van der Waals surface area contributed by atoms with Gasteiger partial charge in [-0.1, -0.05) is 30.3 Å². The van der Waals surface area contributed by atoms with Crippen molar-refractivity contribution in [3.8, 4) is 0 Å². The molecule has 19 heavy (non-hydrogen) atoms. The Bertz CT molecular complexity index is 355. The first-order valence-corrected chi connectivity index (χ1v) is 7.39. The Kier molecular flexibility index (Phi) is 5.83. The molecule has 2 N–H and O–H groups in total. The molecule has 0 saturated carbocycles. The summed E-state index contributed by atoms with van der Waals surface area (Å²) in [6.45, 7) is 3.83. The topological polar surface area (TPSA) is 35.5 Å². The predicted molar refractivity (Wildman–Crippen MR) is 79.1 cm³/mol. The molecule has 1 aliphatic rings. The summed E-state index contributed by atoms with van der Waals surface area (Å²) in [6.07, 6.45) is 3.35. The minimum atomic E-state index is 0.335. The van der Waals surface area contributed by atoms with Crippen LogP contribution in [0.5, 0.6) is 0 Å². The second-order valence-electron chi connectivity index (χ2n) is 5.51. The van der Waals surface area contributed by atoms with Crippen molar-refractivity contribution in [3.05, 3.63) is 35.9 Å². The first kappa shape index (κ1) is 14.5. The number of aliphatic hydroxyl groups is 1. The van der Waals surface area contributed by atoms with E-state index < -0.39 is 0 Å². The van der Waals surface area contributed by atoms with Gasteiger partial charge in [-0.25, -0.2) is 0 Å². The van der Waals surface area contributed by atoms with E-state index in [1.54, 1.807) is 0 Å². The second-order valence-corrected chi connectivity index (χ2v) is 5.51. The van der Waals surface area contributed by atoms with Crippen molar-refractivity contribution in [3.63, 3.8) is 0 Å². The normalized spacial score (nSPS) is 21.7. The summed E-state index contributed by atoms with van der Waals surface area (Å²) >= 11 is 0. The lowest BCUT2D eigenvalue weighted by molar-refractivity contribution is 0.248. The predicted octanol–water partition coefficient (Wildman–Crippen LogP) is 2.04. The molecule has 3 nitrogen and oxygen atoms in total. The maximum atomic E-state index is 8.99. The van der Waals surface area contributed by atoms with E-state index in [9.17, 15) is 0 Å². The SMILES string of the molecule is CNC(CCN1CCC(CCO)C1)c1ccccc1. The zero-order chi connectivity index (χ0) is 13.5. The molecular weight excluding hydrogens is 236 g/mol. The molecule has 1 aromatic rings. The van der Waals surface area contributed by atoms with Crippen molar-refractivity contribution in [1.29, 1.82) is 0 Å². The van der Waals surface area contributed by atoms with Crippen molar-refractivity contribution in [1.82, 2.24) is 10.2 Å². The van der Waals surface area contributed by atoms with Crippen LogP contribution in [0.25, 0.3) is 0 Å². The maximum Gasteiger partial charge on any atom is 0.0434 e. The third-order valence-corrected chi connectivity index (χ3v) is 4.19. The van der Waals surface area contributed by atoms with E-state index in [1.807, 2.05) is 7.05 Å². The lowest BCUT2D eigenvalue weighted by Crippen LogP contribution is -2.27. The highest BCUT2D eigenvalue weighted by molar-refractivity contribution is 5.18. The van der Waals surface area contributed by atoms with E-state index in [-0.39, 0.29) is 0 Å². The van der Waals surface area contributed by atoms with Crippen LogP contribution in [-0.2, 0) is 0 Å². The summed E-state index contributed by atoms with van der Waals surface area (Å²) in [5, 5.41) is 12.4. The lowest BCUT2D eigenvalue weighted by atomic mass is 10.0. The monoisotopic (exact) mass is 262 g/mol. The summed E-state index contributed by atoms with van der Waals surface area (Å²) in [5.74, 6) is 0.703. The van der Waals surface area contributed by atoms with Gasteiger partial charge in [-0.05, 0) is 50.9 Å². The van der Waals surface area contributed by atoms with Gasteiger partial charge in [0.15, 0.2) is 0 Å². The average molecular weight is 262 g/mol. The first-order valence-electron chi connectivity index (χ1n) is 7.39. The van der Waals surface area contributed by atoms with E-state index >= 15 is 0 Å². The van der Waals surface area contributed by atoms with Crippen molar-refractivity contribution in [2.75, 3.05) is 33.3 Å². The number of rotatable bonds is 7. The largest absolute Gasteiger partial charge is 0.396 e. The zero-order valence-electron chi connectivity index (χ0n) is 11.9. The third kappa shape index (κ3) is 4.30. The standard InChI is InChI=1S/C16H26N2O/c1-17-16(15-5-3-2-4-6-15)8-11-18-10-7-14(13-18)9-12-19/h2-6,14,16-17,19H,7-13H2,1H3. The molecule has 106 valence electrons. The molecule has 1 aliphatic heterocycles. The van der Waals surface area contributed by atoms with Crippen LogP contribution in [0.2, 0.25) is 0 Å². The number of benzene rings is 1. The van der Waals surface area contributed by atoms with E-state index in [4.69, 9.17) is 5.11 Å². The fourth-order valence-corrected chi connectivity index (χ4v) is 3.01. The quantitative estimate of drug-likeness (QED) is 0.789. The molecule has 0 aliphatic carbocycles. The molecule has 1 aromatic carbocycles. The summed E-state index contributed by atoms with van der Waals surface area (Å²) in [5.41, 5.74) is 1.37. The van der Waals surface area contributed by atoms with E-state index in [0.717, 1.165) is 25.9 Å². The molecule has 1 heterocycles. The number of aliphatic hydroxyl groups excluding tert-OH is 1. The molecule has 3 heteroatoms. The van der Waals surface area contributed by atoms with Crippen LogP contribution in [0.15, 0.2) is 30.3 Å². The smallest absolute Gasteiger partial charge is 0.0434 e. The Morgan fingerprint density at radius 3 is 2.84 bits per heavy atom. The molecule has 2 rings (SSSR count). The fraction of sp³-hybridized carbons (Fsp3) is 0.625. The van der Waals surface area contributed by atoms with Gasteiger partial charge < -0.3 is 15.3 Å². The van der Waals surface area contributed by atoms with Gasteiger partial charge in [-0.3, -0.25) is 0 Å². The minimum Gasteiger partial charge on any atom is -0.396 e. The lowest BCUT2D eigenvalue weighted by Gasteiger charge is -2.21. The average Bonchev–Trinajstić information content (AvgIpc) is 2.89. The molecule has 2 atom stereocenters. The molecular formula is C16H26N2O. The van der Waals surface area contributed by atoms with Crippen LogP contribution >= 0.6 is 0 Å². The van der Waals surface area contributed by atoms with Gasteiger partial charge in [0.2, 0.25) is 0 Å². The third-order valence-electron chi connectivity index (χ3n) is 4.19. The van der Waals surface area contributed by atoms with Crippen LogP contribution in [0.3, 0.4) is 0 Å². The van der Waals surface area contributed by atoms with Gasteiger partial charge >= 0.3 is 0 Å². The van der Waals surface area contributed by atoms with Crippen molar-refractivity contribution < 1.29 is 5.11 Å². The van der Waals surface area contributed by atoms with Crippen molar-refractivity contribution in [2.45, 2.75) is 25.3 Å². The van der Waals surface area contributed by atoms with Gasteiger partial charge in [-0.2, -0.15) is 0 Å². The molecule has 1 saturated heterocycles. The van der Waals surface area contributed by atoms with Gasteiger partial charge in [0.05, 0.1) is 0 Å². The summed E-state index contributed by atoms with van der Waals surface area (Å²) in [7, 11) is 2.04. The van der Waals surface area contributed by atoms with Crippen molar-refractivity contribution in [2.24, 2.45) is 5.92 Å². The molecule has 0 amide bonds. The van der Waals surface area contributed by atoms with Gasteiger partial charge in [0.1, 0.15) is 0 Å². The van der Waals surface area contributed by atoms with Crippen LogP contribution in [0.4, 0.5) is 0 Å². The molecule has 0 spiro atoms. The molecule has 0 aromatic heterocycles. The Balaban J connectivity index is 1.78. The Labute approximate surface area is 116 Å². The summed E-state index contributed by atoms with van der Waals surface area (Å²) in [4.78, 5) is 2.54. The van der Waals surface area contributed by atoms with Gasteiger partial charge in [0.25, 0.3) is 0 Å². The Hall–Kier alpha value is -0.900. The van der Waals surface area contributed by atoms with Crippen LogP contribution in [0.1, 0.15) is 30.9 Å². The molecule has 0 radical (unpaired) electrons. The fourth-order valence-electron chi connectivity index (χ4n) is 3.01. The van der Waals surface area contributed by atoms with E-state index in [0.29, 0.717) is 18.6 Å². The number of nitrogens with one attached hydrogen (secondary N) is 1. The van der Waals surface area contributed by atoms with Crippen LogP contribution in [0, 0.1) is 5.92 Å². The number of likely N-dealkylation sites (tertiary alicyclic amines) is 1. The van der Waals surface area contributed by atoms with Gasteiger partial charge in [0, 0.05) is 19.2 Å². The second kappa shape index (κ2) is 7.63. The number of hydrogen-bond acceptors (Lipinski definition) is 3.